The van der Waals surface area contributed by atoms with Crippen LogP contribution in [0.25, 0.3) is 0 Å². The number of benzene rings is 1. The summed E-state index contributed by atoms with van der Waals surface area (Å²) in [5.74, 6) is -1.08. The predicted molar refractivity (Wildman–Crippen MR) is 83.4 cm³/mol. The highest BCUT2D eigenvalue weighted by Crippen LogP contribution is 2.24. The molecule has 0 spiro atoms. The van der Waals surface area contributed by atoms with E-state index in [1.54, 1.807) is 12.1 Å². The van der Waals surface area contributed by atoms with Crippen LogP contribution < -0.4 is 11.5 Å². The highest BCUT2D eigenvalue weighted by molar-refractivity contribution is 6.46. The molecule has 118 valence electrons. The van der Waals surface area contributed by atoms with Crippen molar-refractivity contribution in [3.8, 4) is 11.5 Å². The monoisotopic (exact) mass is 304 g/mol. The van der Waals surface area contributed by atoms with Gasteiger partial charge < -0.3 is 21.7 Å². The molecule has 0 heterocycles. The third-order valence-electron chi connectivity index (χ3n) is 2.91. The highest BCUT2D eigenvalue weighted by atomic mass is 16.3. The summed E-state index contributed by atoms with van der Waals surface area (Å²) in [6.45, 7) is 1.04. The number of phenols is 2. The lowest BCUT2D eigenvalue weighted by atomic mass is 10.0. The minimum absolute atomic E-state index is 0.0871. The topological polar surface area (TPSA) is 127 Å². The third kappa shape index (κ3) is 5.51. The van der Waals surface area contributed by atoms with Gasteiger partial charge in [0.2, 0.25) is 11.6 Å². The Labute approximate surface area is 128 Å². The Morgan fingerprint density at radius 3 is 2.09 bits per heavy atom. The number of aromatic hydroxyl groups is 2. The molecule has 0 amide bonds. The molecule has 0 aliphatic heterocycles. The van der Waals surface area contributed by atoms with Gasteiger partial charge in [-0.2, -0.15) is 0 Å². The molecule has 0 radical (unpaired) electrons. The number of phenolic OH excluding ortho intramolecular Hbond substituents is 2. The van der Waals surface area contributed by atoms with Crippen LogP contribution in [0.1, 0.15) is 12.0 Å². The highest BCUT2D eigenvalue weighted by Gasteiger charge is 2.11. The largest absolute Gasteiger partial charge is 0.504 e. The maximum absolute atomic E-state index is 10.8. The van der Waals surface area contributed by atoms with Crippen LogP contribution in [0.4, 0.5) is 0 Å². The minimum atomic E-state index is -0.453. The molecule has 6 N–H and O–H groups in total. The molecule has 0 fully saturated rings. The van der Waals surface area contributed by atoms with Gasteiger partial charge in [-0.15, -0.1) is 0 Å². The van der Waals surface area contributed by atoms with Crippen molar-refractivity contribution in [3.05, 3.63) is 47.6 Å². The molecule has 0 saturated heterocycles. The Hall–Kier alpha value is -2.44. The minimum Gasteiger partial charge on any atom is -0.504 e. The van der Waals surface area contributed by atoms with E-state index in [0.29, 0.717) is 25.9 Å². The van der Waals surface area contributed by atoms with Crippen LogP contribution in [0.2, 0.25) is 0 Å². The molecular weight excluding hydrogens is 284 g/mol. The van der Waals surface area contributed by atoms with Crippen molar-refractivity contribution >= 4 is 11.6 Å². The molecule has 0 unspecified atom stereocenters. The van der Waals surface area contributed by atoms with Gasteiger partial charge in [-0.1, -0.05) is 12.1 Å². The fourth-order valence-corrected chi connectivity index (χ4v) is 1.77. The summed E-state index contributed by atoms with van der Waals surface area (Å²) in [4.78, 5) is 21.4. The van der Waals surface area contributed by atoms with Crippen LogP contribution in [-0.4, -0.2) is 34.9 Å². The van der Waals surface area contributed by atoms with Crippen LogP contribution in [-0.2, 0) is 16.0 Å². The Morgan fingerprint density at radius 2 is 1.55 bits per heavy atom. The van der Waals surface area contributed by atoms with Crippen molar-refractivity contribution < 1.29 is 19.8 Å². The molecule has 6 heteroatoms. The van der Waals surface area contributed by atoms with E-state index in [4.69, 9.17) is 21.7 Å². The zero-order valence-corrected chi connectivity index (χ0v) is 12.2. The Bertz CT molecular complexity index is 606. The first-order valence-corrected chi connectivity index (χ1v) is 6.86. The molecule has 1 aromatic rings. The Kier molecular flexibility index (Phi) is 7.01. The van der Waals surface area contributed by atoms with Crippen molar-refractivity contribution in [1.29, 1.82) is 0 Å². The number of hydrogen-bond acceptors (Lipinski definition) is 6. The average molecular weight is 304 g/mol. The average Bonchev–Trinajstić information content (AvgIpc) is 2.48. The van der Waals surface area contributed by atoms with Crippen molar-refractivity contribution in [2.24, 2.45) is 11.5 Å². The third-order valence-corrected chi connectivity index (χ3v) is 2.91. The maximum Gasteiger partial charge on any atom is 0.225 e. The van der Waals surface area contributed by atoms with Gasteiger partial charge >= 0.3 is 0 Å². The van der Waals surface area contributed by atoms with E-state index >= 15 is 0 Å². The normalized spacial score (nSPS) is 13.5. The zero-order valence-electron chi connectivity index (χ0n) is 12.2. The number of rotatable bonds is 4. The lowest BCUT2D eigenvalue weighted by Crippen LogP contribution is -2.12. The fraction of sp³-hybridized carbons (Fsp3) is 0.250. The molecule has 22 heavy (non-hydrogen) atoms. The molecule has 0 aromatic heterocycles. The summed E-state index contributed by atoms with van der Waals surface area (Å²) in [5.41, 5.74) is 12.3. The number of allylic oxidation sites excluding steroid dienone is 3. The molecule has 1 aliphatic carbocycles. The lowest BCUT2D eigenvalue weighted by molar-refractivity contribution is -0.131. The Morgan fingerprint density at radius 1 is 0.864 bits per heavy atom. The van der Waals surface area contributed by atoms with Gasteiger partial charge in [0.05, 0.1) is 0 Å². The van der Waals surface area contributed by atoms with Gasteiger partial charge in [0.25, 0.3) is 0 Å². The predicted octanol–water partition coefficient (Wildman–Crippen LogP) is 0.569. The van der Waals surface area contributed by atoms with Crippen LogP contribution in [0, 0.1) is 0 Å². The summed E-state index contributed by atoms with van der Waals surface area (Å²) in [6.07, 6.45) is 5.63. The van der Waals surface area contributed by atoms with Crippen molar-refractivity contribution in [1.82, 2.24) is 0 Å². The van der Waals surface area contributed by atoms with Gasteiger partial charge in [-0.3, -0.25) is 9.59 Å². The second-order valence-electron chi connectivity index (χ2n) is 4.68. The van der Waals surface area contributed by atoms with Crippen molar-refractivity contribution in [2.75, 3.05) is 13.1 Å². The van der Waals surface area contributed by atoms with Gasteiger partial charge in [0.1, 0.15) is 0 Å². The first-order chi connectivity index (χ1) is 10.5. The van der Waals surface area contributed by atoms with Gasteiger partial charge in [-0.05, 0) is 61.4 Å². The molecule has 0 saturated carbocycles. The van der Waals surface area contributed by atoms with Crippen LogP contribution in [0.5, 0.6) is 11.5 Å². The smallest absolute Gasteiger partial charge is 0.225 e. The second-order valence-corrected chi connectivity index (χ2v) is 4.68. The van der Waals surface area contributed by atoms with E-state index in [1.807, 2.05) is 0 Å². The molecule has 6 nitrogen and oxygen atoms in total. The molecule has 1 aliphatic rings. The Balaban J connectivity index is 0.000000220. The molecular formula is C16H20N2O4. The fourth-order valence-electron chi connectivity index (χ4n) is 1.77. The molecule has 0 atom stereocenters. The number of ketones is 2. The second kappa shape index (κ2) is 8.76. The SMILES string of the molecule is NCCC1=CC(=O)C(=O)C=C1.NCCc1ccc(O)c(O)c1. The van der Waals surface area contributed by atoms with Crippen LogP contribution in [0.15, 0.2) is 42.0 Å². The molecule has 2 rings (SSSR count). The summed E-state index contributed by atoms with van der Waals surface area (Å²) >= 11 is 0. The molecule has 0 bridgehead atoms. The standard InChI is InChI=1S/C8H11NO2.C8H9NO2/c2*9-4-3-6-1-2-7(10)8(11)5-6/h1-2,5,10-11H,3-4,9H2;1-2,5H,3-4,9H2. The quantitative estimate of drug-likeness (QED) is 0.366. The van der Waals surface area contributed by atoms with E-state index in [1.165, 1.54) is 24.3 Å². The maximum atomic E-state index is 10.8. The van der Waals surface area contributed by atoms with E-state index < -0.39 is 11.6 Å². The van der Waals surface area contributed by atoms with Crippen LogP contribution in [0.3, 0.4) is 0 Å². The van der Waals surface area contributed by atoms with E-state index in [2.05, 4.69) is 0 Å². The molecule has 1 aromatic carbocycles. The van der Waals surface area contributed by atoms with Gasteiger partial charge in [0, 0.05) is 0 Å². The number of carbonyl (C=O) groups excluding carboxylic acids is 2. The number of hydrogen-bond donors (Lipinski definition) is 4. The summed E-state index contributed by atoms with van der Waals surface area (Å²) in [5, 5.41) is 18.0. The first-order valence-electron chi connectivity index (χ1n) is 6.86. The summed E-state index contributed by atoms with van der Waals surface area (Å²) < 4.78 is 0. The van der Waals surface area contributed by atoms with Crippen molar-refractivity contribution in [2.45, 2.75) is 12.8 Å². The van der Waals surface area contributed by atoms with Crippen molar-refractivity contribution in [3.63, 3.8) is 0 Å². The van der Waals surface area contributed by atoms with E-state index in [9.17, 15) is 9.59 Å². The number of carbonyl (C=O) groups is 2. The number of nitrogens with two attached hydrogens (primary N) is 2. The summed E-state index contributed by atoms with van der Waals surface area (Å²) in [7, 11) is 0. The van der Waals surface area contributed by atoms with Gasteiger partial charge in [0.15, 0.2) is 11.5 Å². The zero-order chi connectivity index (χ0) is 16.5. The van der Waals surface area contributed by atoms with Crippen LogP contribution >= 0.6 is 0 Å². The van der Waals surface area contributed by atoms with Gasteiger partial charge in [-0.25, -0.2) is 0 Å². The van der Waals surface area contributed by atoms with E-state index in [-0.39, 0.29) is 11.5 Å². The first kappa shape index (κ1) is 17.6. The van der Waals surface area contributed by atoms with E-state index in [0.717, 1.165) is 11.1 Å². The lowest BCUT2D eigenvalue weighted by Gasteiger charge is -2.02. The summed E-state index contributed by atoms with van der Waals surface area (Å²) in [6, 6.07) is 4.71.